The van der Waals surface area contributed by atoms with E-state index in [1.165, 1.54) is 11.9 Å². The van der Waals surface area contributed by atoms with Crippen LogP contribution in [-0.2, 0) is 11.2 Å². The molecule has 0 saturated heterocycles. The second-order valence-electron chi connectivity index (χ2n) is 9.14. The van der Waals surface area contributed by atoms with Gasteiger partial charge in [0.15, 0.2) is 0 Å². The largest absolute Gasteiger partial charge is 0.384 e. The first-order valence-electron chi connectivity index (χ1n) is 12.1. The summed E-state index contributed by atoms with van der Waals surface area (Å²) in [7, 11) is 1.71. The Morgan fingerprint density at radius 1 is 1.14 bits per heavy atom. The zero-order chi connectivity index (χ0) is 25.8. The van der Waals surface area contributed by atoms with E-state index in [0.29, 0.717) is 17.5 Å². The van der Waals surface area contributed by atoms with E-state index >= 15 is 0 Å². The Balaban J connectivity index is 1.32. The molecule has 0 aliphatic heterocycles. The third-order valence-electron chi connectivity index (χ3n) is 6.46. The third kappa shape index (κ3) is 6.19. The van der Waals surface area contributed by atoms with Gasteiger partial charge in [-0.25, -0.2) is 9.71 Å². The molecule has 5 N–H and O–H groups in total. The second-order valence-corrected chi connectivity index (χ2v) is 11.1. The Bertz CT molecular complexity index is 1380. The summed E-state index contributed by atoms with van der Waals surface area (Å²) in [6.45, 7) is 0. The van der Waals surface area contributed by atoms with Crippen LogP contribution in [0.5, 0.6) is 0 Å². The SMILES string of the molecule is COC1CC(NC(=O)c2cccc(SNC(Cc3cccc(C(=N)N)c3)c3nc4ccccc4s3)c2)C1. The molecule has 3 aromatic carbocycles. The zero-order valence-electron chi connectivity index (χ0n) is 20.4. The van der Waals surface area contributed by atoms with E-state index in [2.05, 4.69) is 16.1 Å². The maximum Gasteiger partial charge on any atom is 0.251 e. The van der Waals surface area contributed by atoms with Crippen LogP contribution in [0.4, 0.5) is 0 Å². The van der Waals surface area contributed by atoms with Crippen LogP contribution >= 0.6 is 23.3 Å². The van der Waals surface area contributed by atoms with Gasteiger partial charge in [-0.3, -0.25) is 10.2 Å². The lowest BCUT2D eigenvalue weighted by Gasteiger charge is -2.34. The van der Waals surface area contributed by atoms with Gasteiger partial charge >= 0.3 is 0 Å². The molecule has 0 spiro atoms. The summed E-state index contributed by atoms with van der Waals surface area (Å²) >= 11 is 3.15. The standard InChI is InChI=1S/C28H29N5O2S2/c1-35-21-15-20(16-21)31-27(34)19-8-5-9-22(14-19)37-33-24(13-17-6-4-7-18(12-17)26(29)30)28-32-23-10-2-3-11-25(23)36-28/h2-12,14,20-21,24,33H,13,15-16H2,1H3,(H3,29,30)(H,31,34). The van der Waals surface area contributed by atoms with Crippen molar-refractivity contribution in [1.82, 2.24) is 15.0 Å². The first-order valence-corrected chi connectivity index (χ1v) is 13.8. The highest BCUT2D eigenvalue weighted by Crippen LogP contribution is 2.31. The molecule has 1 heterocycles. The lowest BCUT2D eigenvalue weighted by Crippen LogP contribution is -2.47. The smallest absolute Gasteiger partial charge is 0.251 e. The molecule has 1 amide bonds. The molecule has 9 heteroatoms. The van der Waals surface area contributed by atoms with Crippen LogP contribution in [0.15, 0.2) is 77.7 Å². The Morgan fingerprint density at radius 3 is 2.70 bits per heavy atom. The maximum absolute atomic E-state index is 12.8. The number of nitrogens with two attached hydrogens (primary N) is 1. The summed E-state index contributed by atoms with van der Waals surface area (Å²) in [6, 6.07) is 23.6. The molecular weight excluding hydrogens is 502 g/mol. The average molecular weight is 532 g/mol. The topological polar surface area (TPSA) is 113 Å². The van der Waals surface area contributed by atoms with E-state index in [0.717, 1.165) is 38.5 Å². The molecule has 0 bridgehead atoms. The summed E-state index contributed by atoms with van der Waals surface area (Å²) in [5, 5.41) is 11.9. The van der Waals surface area contributed by atoms with Crippen molar-refractivity contribution in [1.29, 1.82) is 5.41 Å². The number of rotatable bonds is 10. The molecule has 4 aromatic rings. The molecule has 1 unspecified atom stereocenters. The van der Waals surface area contributed by atoms with Crippen molar-refractivity contribution in [2.45, 2.75) is 42.3 Å². The molecular formula is C28H29N5O2S2. The number of carbonyl (C=O) groups excluding carboxylic acids is 1. The summed E-state index contributed by atoms with van der Waals surface area (Å²) < 4.78 is 10.0. The maximum atomic E-state index is 12.8. The number of carbonyl (C=O) groups is 1. The van der Waals surface area contributed by atoms with Crippen LogP contribution in [0.1, 0.15) is 45.4 Å². The minimum atomic E-state index is -0.0805. The van der Waals surface area contributed by atoms with E-state index in [1.807, 2.05) is 66.7 Å². The first kappa shape index (κ1) is 25.4. The third-order valence-corrected chi connectivity index (χ3v) is 8.51. The van der Waals surface area contributed by atoms with Crippen LogP contribution in [0.2, 0.25) is 0 Å². The Kier molecular flexibility index (Phi) is 7.85. The minimum Gasteiger partial charge on any atom is -0.384 e. The number of nitrogen functional groups attached to an aromatic ring is 1. The number of para-hydroxylation sites is 1. The van der Waals surface area contributed by atoms with Gasteiger partial charge in [0.2, 0.25) is 0 Å². The van der Waals surface area contributed by atoms with Crippen LogP contribution in [0.25, 0.3) is 10.2 Å². The van der Waals surface area contributed by atoms with Gasteiger partial charge in [0.1, 0.15) is 10.8 Å². The number of benzene rings is 3. The molecule has 1 fully saturated rings. The monoisotopic (exact) mass is 531 g/mol. The number of nitrogens with zero attached hydrogens (tertiary/aromatic N) is 1. The first-order chi connectivity index (χ1) is 18.0. The van der Waals surface area contributed by atoms with Gasteiger partial charge in [-0.2, -0.15) is 0 Å². The molecule has 1 saturated carbocycles. The molecule has 0 radical (unpaired) electrons. The molecule has 5 rings (SSSR count). The van der Waals surface area contributed by atoms with Crippen molar-refractivity contribution < 1.29 is 9.53 Å². The number of methoxy groups -OCH3 is 1. The molecule has 1 aliphatic rings. The van der Waals surface area contributed by atoms with Crippen molar-refractivity contribution >= 4 is 45.2 Å². The zero-order valence-corrected chi connectivity index (χ0v) is 22.1. The summed E-state index contributed by atoms with van der Waals surface area (Å²) in [5.41, 5.74) is 9.10. The quantitative estimate of drug-likeness (QED) is 0.129. The Morgan fingerprint density at radius 2 is 1.92 bits per heavy atom. The number of ether oxygens (including phenoxy) is 1. The van der Waals surface area contributed by atoms with Gasteiger partial charge in [-0.1, -0.05) is 36.4 Å². The molecule has 37 heavy (non-hydrogen) atoms. The van der Waals surface area contributed by atoms with Crippen molar-refractivity contribution in [2.75, 3.05) is 7.11 Å². The lowest BCUT2D eigenvalue weighted by atomic mass is 9.89. The minimum absolute atomic E-state index is 0.0513. The number of amides is 1. The average Bonchev–Trinajstić information content (AvgIpc) is 3.33. The van der Waals surface area contributed by atoms with Crippen LogP contribution in [0, 0.1) is 5.41 Å². The van der Waals surface area contributed by atoms with Crippen LogP contribution < -0.4 is 15.8 Å². The van der Waals surface area contributed by atoms with Crippen LogP contribution in [0.3, 0.4) is 0 Å². The highest BCUT2D eigenvalue weighted by Gasteiger charge is 2.30. The highest BCUT2D eigenvalue weighted by atomic mass is 32.2. The van der Waals surface area contributed by atoms with Gasteiger partial charge in [-0.15, -0.1) is 11.3 Å². The van der Waals surface area contributed by atoms with Crippen LogP contribution in [-0.4, -0.2) is 36.0 Å². The van der Waals surface area contributed by atoms with Gasteiger partial charge in [0.25, 0.3) is 5.91 Å². The predicted molar refractivity (Wildman–Crippen MR) is 150 cm³/mol. The number of fused-ring (bicyclic) bond motifs is 1. The fraction of sp³-hybridized carbons (Fsp3) is 0.250. The number of aromatic nitrogens is 1. The fourth-order valence-electron chi connectivity index (χ4n) is 4.30. The summed E-state index contributed by atoms with van der Waals surface area (Å²) in [4.78, 5) is 18.6. The van der Waals surface area contributed by atoms with E-state index in [9.17, 15) is 4.79 Å². The van der Waals surface area contributed by atoms with Crippen molar-refractivity contribution in [3.63, 3.8) is 0 Å². The van der Waals surface area contributed by atoms with Crippen molar-refractivity contribution in [3.8, 4) is 0 Å². The molecule has 190 valence electrons. The van der Waals surface area contributed by atoms with Gasteiger partial charge in [0.05, 0.1) is 22.4 Å². The predicted octanol–water partition coefficient (Wildman–Crippen LogP) is 5.07. The summed E-state index contributed by atoms with van der Waals surface area (Å²) in [5.74, 6) is -0.0128. The molecule has 1 aromatic heterocycles. The molecule has 1 aliphatic carbocycles. The second kappa shape index (κ2) is 11.4. The number of amidine groups is 1. The van der Waals surface area contributed by atoms with Gasteiger partial charge < -0.3 is 15.8 Å². The fourth-order valence-corrected chi connectivity index (χ4v) is 6.20. The van der Waals surface area contributed by atoms with E-state index in [4.69, 9.17) is 20.9 Å². The van der Waals surface area contributed by atoms with Crippen molar-refractivity contribution in [3.05, 3.63) is 94.5 Å². The number of hydrogen-bond donors (Lipinski definition) is 4. The van der Waals surface area contributed by atoms with Gasteiger partial charge in [0, 0.05) is 29.2 Å². The van der Waals surface area contributed by atoms with E-state index < -0.39 is 0 Å². The Labute approximate surface area is 224 Å². The number of thiazole rings is 1. The lowest BCUT2D eigenvalue weighted by molar-refractivity contribution is 0.0176. The number of nitrogens with one attached hydrogen (secondary N) is 3. The molecule has 1 atom stereocenters. The summed E-state index contributed by atoms with van der Waals surface area (Å²) in [6.07, 6.45) is 2.63. The van der Waals surface area contributed by atoms with Gasteiger partial charge in [-0.05, 0) is 73.2 Å². The van der Waals surface area contributed by atoms with E-state index in [-0.39, 0.29) is 29.9 Å². The highest BCUT2D eigenvalue weighted by molar-refractivity contribution is 7.97. The molecule has 7 nitrogen and oxygen atoms in total. The Hall–Kier alpha value is -3.24. The van der Waals surface area contributed by atoms with Crippen molar-refractivity contribution in [2.24, 2.45) is 5.73 Å². The number of hydrogen-bond acceptors (Lipinski definition) is 7. The van der Waals surface area contributed by atoms with E-state index in [1.54, 1.807) is 18.4 Å². The normalized spacial score (nSPS) is 17.8.